The molecule has 1 N–H and O–H groups in total. The molecule has 1 heterocycles. The number of anilines is 1. The number of carbonyl (C=O) groups is 1. The van der Waals surface area contributed by atoms with Crippen molar-refractivity contribution in [3.8, 4) is 5.75 Å². The highest BCUT2D eigenvalue weighted by molar-refractivity contribution is 6.32. The van der Waals surface area contributed by atoms with Crippen molar-refractivity contribution in [2.24, 2.45) is 7.05 Å². The molecule has 1 aromatic heterocycles. The van der Waals surface area contributed by atoms with Crippen LogP contribution in [0.25, 0.3) is 0 Å². The summed E-state index contributed by atoms with van der Waals surface area (Å²) < 4.78 is 19.7. The number of amides is 1. The normalized spacial score (nSPS) is 10.4. The van der Waals surface area contributed by atoms with Gasteiger partial charge in [-0.15, -0.1) is 0 Å². The number of rotatable bonds is 4. The van der Waals surface area contributed by atoms with Gasteiger partial charge in [-0.25, -0.2) is 4.39 Å². The molecule has 2 rings (SSSR count). The van der Waals surface area contributed by atoms with Gasteiger partial charge in [0.25, 0.3) is 5.91 Å². The number of hydrogen-bond donors (Lipinski definition) is 1. The van der Waals surface area contributed by atoms with E-state index >= 15 is 0 Å². The van der Waals surface area contributed by atoms with E-state index in [9.17, 15) is 9.18 Å². The maximum atomic E-state index is 12.9. The van der Waals surface area contributed by atoms with Crippen LogP contribution >= 0.6 is 11.6 Å². The summed E-state index contributed by atoms with van der Waals surface area (Å²) in [5, 5.41) is 6.80. The number of halogens is 2. The van der Waals surface area contributed by atoms with E-state index < -0.39 is 5.82 Å². The number of nitrogens with zero attached hydrogens (tertiary/aromatic N) is 2. The quantitative estimate of drug-likeness (QED) is 0.943. The van der Waals surface area contributed by atoms with Crippen molar-refractivity contribution in [2.75, 3.05) is 11.9 Å². The minimum absolute atomic E-state index is 0.121. The lowest BCUT2D eigenvalue weighted by atomic mass is 10.3. The average molecular weight is 298 g/mol. The molecular formula is C13H13ClFN3O2. The lowest BCUT2D eigenvalue weighted by Gasteiger charge is -2.08. The Morgan fingerprint density at radius 3 is 2.90 bits per heavy atom. The van der Waals surface area contributed by atoms with Crippen molar-refractivity contribution in [2.45, 2.75) is 6.92 Å². The Morgan fingerprint density at radius 2 is 2.30 bits per heavy atom. The molecule has 0 atom stereocenters. The Kier molecular flexibility index (Phi) is 4.24. The molecule has 0 aliphatic carbocycles. The average Bonchev–Trinajstić information content (AvgIpc) is 2.70. The second-order valence-electron chi connectivity index (χ2n) is 4.18. The minimum Gasteiger partial charge on any atom is -0.482 e. The van der Waals surface area contributed by atoms with Crippen LogP contribution in [-0.4, -0.2) is 22.3 Å². The Bertz CT molecular complexity index is 643. The van der Waals surface area contributed by atoms with E-state index in [1.165, 1.54) is 12.1 Å². The Balaban J connectivity index is 1.94. The van der Waals surface area contributed by atoms with E-state index in [-0.39, 0.29) is 23.3 Å². The minimum atomic E-state index is -0.460. The summed E-state index contributed by atoms with van der Waals surface area (Å²) >= 11 is 5.79. The van der Waals surface area contributed by atoms with Gasteiger partial charge in [0.15, 0.2) is 6.61 Å². The first-order valence-electron chi connectivity index (χ1n) is 5.83. The summed E-state index contributed by atoms with van der Waals surface area (Å²) in [5.41, 5.74) is 1.45. The molecule has 0 spiro atoms. The van der Waals surface area contributed by atoms with Crippen molar-refractivity contribution < 1.29 is 13.9 Å². The molecule has 1 amide bonds. The van der Waals surface area contributed by atoms with Crippen molar-refractivity contribution >= 4 is 23.2 Å². The molecule has 2 aromatic rings. The zero-order valence-corrected chi connectivity index (χ0v) is 11.7. The molecule has 106 valence electrons. The third kappa shape index (κ3) is 3.27. The van der Waals surface area contributed by atoms with Gasteiger partial charge in [0, 0.05) is 7.05 Å². The second kappa shape index (κ2) is 5.92. The smallest absolute Gasteiger partial charge is 0.262 e. The zero-order chi connectivity index (χ0) is 14.7. The van der Waals surface area contributed by atoms with Crippen LogP contribution in [0.2, 0.25) is 5.02 Å². The van der Waals surface area contributed by atoms with Crippen LogP contribution in [0.1, 0.15) is 5.69 Å². The fraction of sp³-hybridized carbons (Fsp3) is 0.231. The molecule has 0 radical (unpaired) electrons. The maximum absolute atomic E-state index is 12.9. The second-order valence-corrected chi connectivity index (χ2v) is 4.59. The molecule has 0 aliphatic heterocycles. The molecule has 0 saturated carbocycles. The number of aryl methyl sites for hydroxylation is 1. The predicted octanol–water partition coefficient (Wildman–Crippen LogP) is 2.54. The number of aromatic nitrogens is 2. The molecular weight excluding hydrogens is 285 g/mol. The molecule has 20 heavy (non-hydrogen) atoms. The van der Waals surface area contributed by atoms with Gasteiger partial charge in [0.2, 0.25) is 0 Å². The lowest BCUT2D eigenvalue weighted by molar-refractivity contribution is -0.118. The SMILES string of the molecule is Cc1c(NC(=O)COc2ccc(F)cc2Cl)cnn1C. The highest BCUT2D eigenvalue weighted by Crippen LogP contribution is 2.24. The summed E-state index contributed by atoms with van der Waals surface area (Å²) in [7, 11) is 1.78. The van der Waals surface area contributed by atoms with Gasteiger partial charge in [-0.05, 0) is 25.1 Å². The van der Waals surface area contributed by atoms with Crippen molar-refractivity contribution in [1.29, 1.82) is 0 Å². The number of nitrogens with one attached hydrogen (secondary N) is 1. The van der Waals surface area contributed by atoms with Crippen LogP contribution < -0.4 is 10.1 Å². The van der Waals surface area contributed by atoms with Gasteiger partial charge in [-0.3, -0.25) is 9.48 Å². The van der Waals surface area contributed by atoms with E-state index in [1.54, 1.807) is 17.9 Å². The van der Waals surface area contributed by atoms with E-state index in [2.05, 4.69) is 10.4 Å². The number of ether oxygens (including phenoxy) is 1. The molecule has 5 nitrogen and oxygen atoms in total. The van der Waals surface area contributed by atoms with Crippen molar-refractivity contribution in [1.82, 2.24) is 9.78 Å². The van der Waals surface area contributed by atoms with Crippen LogP contribution in [0.4, 0.5) is 10.1 Å². The highest BCUT2D eigenvalue weighted by Gasteiger charge is 2.10. The fourth-order valence-corrected chi connectivity index (χ4v) is 1.77. The van der Waals surface area contributed by atoms with Crippen LogP contribution in [0.15, 0.2) is 24.4 Å². The standard InChI is InChI=1S/C13H13ClFN3O2/c1-8-11(6-16-18(8)2)17-13(19)7-20-12-4-3-9(15)5-10(12)14/h3-6H,7H2,1-2H3,(H,17,19). The maximum Gasteiger partial charge on any atom is 0.262 e. The summed E-state index contributed by atoms with van der Waals surface area (Å²) in [6.07, 6.45) is 1.55. The molecule has 0 saturated heterocycles. The van der Waals surface area contributed by atoms with Crippen molar-refractivity contribution in [3.05, 3.63) is 40.9 Å². The lowest BCUT2D eigenvalue weighted by Crippen LogP contribution is -2.20. The van der Waals surface area contributed by atoms with E-state index in [0.717, 1.165) is 11.8 Å². The first-order valence-corrected chi connectivity index (χ1v) is 6.21. The fourth-order valence-electron chi connectivity index (χ4n) is 1.54. The highest BCUT2D eigenvalue weighted by atomic mass is 35.5. The number of hydrogen-bond acceptors (Lipinski definition) is 3. The van der Waals surface area contributed by atoms with Crippen LogP contribution in [0.3, 0.4) is 0 Å². The van der Waals surface area contributed by atoms with Gasteiger partial charge >= 0.3 is 0 Å². The summed E-state index contributed by atoms with van der Waals surface area (Å²) in [4.78, 5) is 11.7. The van der Waals surface area contributed by atoms with Gasteiger partial charge < -0.3 is 10.1 Å². The number of benzene rings is 1. The molecule has 1 aromatic carbocycles. The number of carbonyl (C=O) groups excluding carboxylic acids is 1. The Morgan fingerprint density at radius 1 is 1.55 bits per heavy atom. The summed E-state index contributed by atoms with van der Waals surface area (Å²) in [5.74, 6) is -0.551. The summed E-state index contributed by atoms with van der Waals surface area (Å²) in [6, 6.07) is 3.71. The zero-order valence-electron chi connectivity index (χ0n) is 11.0. The van der Waals surface area contributed by atoms with Gasteiger partial charge in [-0.1, -0.05) is 11.6 Å². The first-order chi connectivity index (χ1) is 9.47. The third-order valence-electron chi connectivity index (χ3n) is 2.76. The molecule has 0 unspecified atom stereocenters. The van der Waals surface area contributed by atoms with Crippen LogP contribution in [-0.2, 0) is 11.8 Å². The predicted molar refractivity (Wildman–Crippen MR) is 73.5 cm³/mol. The molecule has 0 aliphatic rings. The first kappa shape index (κ1) is 14.3. The van der Waals surface area contributed by atoms with Crippen molar-refractivity contribution in [3.63, 3.8) is 0 Å². The van der Waals surface area contributed by atoms with Gasteiger partial charge in [-0.2, -0.15) is 5.10 Å². The van der Waals surface area contributed by atoms with E-state index in [0.29, 0.717) is 5.69 Å². The molecule has 7 heteroatoms. The summed E-state index contributed by atoms with van der Waals surface area (Å²) in [6.45, 7) is 1.61. The Labute approximate surface area is 120 Å². The van der Waals surface area contributed by atoms with Gasteiger partial charge in [0.05, 0.1) is 22.6 Å². The Hall–Kier alpha value is -2.08. The monoisotopic (exact) mass is 297 g/mol. The van der Waals surface area contributed by atoms with Crippen LogP contribution in [0.5, 0.6) is 5.75 Å². The molecule has 0 bridgehead atoms. The van der Waals surface area contributed by atoms with Crippen LogP contribution in [0, 0.1) is 12.7 Å². The topological polar surface area (TPSA) is 56.1 Å². The third-order valence-corrected chi connectivity index (χ3v) is 3.06. The van der Waals surface area contributed by atoms with E-state index in [1.807, 2.05) is 6.92 Å². The molecule has 0 fully saturated rings. The van der Waals surface area contributed by atoms with Gasteiger partial charge in [0.1, 0.15) is 11.6 Å². The largest absolute Gasteiger partial charge is 0.482 e. The van der Waals surface area contributed by atoms with E-state index in [4.69, 9.17) is 16.3 Å².